The zero-order chi connectivity index (χ0) is 20.1. The van der Waals surface area contributed by atoms with Crippen LogP contribution in [-0.2, 0) is 6.54 Å². The van der Waals surface area contributed by atoms with Crippen LogP contribution in [0.2, 0.25) is 0 Å². The highest BCUT2D eigenvalue weighted by Crippen LogP contribution is 2.21. The molecule has 7 heteroatoms. The highest BCUT2D eigenvalue weighted by Gasteiger charge is 2.07. The normalized spacial score (nSPS) is 10.8. The van der Waals surface area contributed by atoms with E-state index in [-0.39, 0.29) is 5.91 Å². The molecule has 1 N–H and O–H groups in total. The molecule has 0 fully saturated rings. The molecule has 6 nitrogen and oxygen atoms in total. The number of carbonyl (C=O) groups is 1. The van der Waals surface area contributed by atoms with E-state index in [0.29, 0.717) is 23.7 Å². The number of rotatable bonds is 7. The zero-order valence-electron chi connectivity index (χ0n) is 15.6. The van der Waals surface area contributed by atoms with Crippen molar-refractivity contribution in [1.82, 2.24) is 19.9 Å². The number of carbonyl (C=O) groups excluding carboxylic acids is 1. The van der Waals surface area contributed by atoms with Crippen molar-refractivity contribution in [3.05, 3.63) is 83.2 Å². The van der Waals surface area contributed by atoms with E-state index in [1.54, 1.807) is 12.1 Å². The van der Waals surface area contributed by atoms with E-state index in [0.717, 1.165) is 28.5 Å². The number of hydrogen-bond acceptors (Lipinski definition) is 4. The Bertz CT molecular complexity index is 1110. The van der Waals surface area contributed by atoms with Gasteiger partial charge in [-0.15, -0.1) is 0 Å². The molecule has 0 spiro atoms. The molecule has 29 heavy (non-hydrogen) atoms. The Morgan fingerprint density at radius 1 is 1.03 bits per heavy atom. The van der Waals surface area contributed by atoms with Gasteiger partial charge in [-0.25, -0.2) is 9.97 Å². The summed E-state index contributed by atoms with van der Waals surface area (Å²) in [5, 5.41) is 2.93. The van der Waals surface area contributed by atoms with E-state index in [4.69, 9.17) is 4.74 Å². The van der Waals surface area contributed by atoms with Crippen molar-refractivity contribution in [1.29, 1.82) is 0 Å². The molecule has 0 atom stereocenters. The Hall–Kier alpha value is -3.19. The average Bonchev–Trinajstić information content (AvgIpc) is 3.16. The van der Waals surface area contributed by atoms with E-state index in [2.05, 4.69) is 35.8 Å². The fraction of sp³-hybridized carbons (Fsp3) is 0.136. The number of aromatic nitrogens is 3. The molecule has 0 aliphatic carbocycles. The van der Waals surface area contributed by atoms with Crippen molar-refractivity contribution in [2.75, 3.05) is 6.54 Å². The first-order valence-corrected chi connectivity index (χ1v) is 10.1. The average molecular weight is 451 g/mol. The number of amides is 1. The minimum absolute atomic E-state index is 0.150. The third-order valence-corrected chi connectivity index (χ3v) is 4.95. The quantitative estimate of drug-likeness (QED) is 0.410. The van der Waals surface area contributed by atoms with Crippen molar-refractivity contribution in [3.63, 3.8) is 0 Å². The first-order valence-electron chi connectivity index (χ1n) is 9.26. The summed E-state index contributed by atoms with van der Waals surface area (Å²) in [6.07, 6.45) is 4.16. The van der Waals surface area contributed by atoms with Gasteiger partial charge >= 0.3 is 0 Å². The summed E-state index contributed by atoms with van der Waals surface area (Å²) in [6, 6.07) is 18.9. The maximum atomic E-state index is 12.3. The van der Waals surface area contributed by atoms with Crippen LogP contribution in [0.15, 0.2) is 77.7 Å². The highest BCUT2D eigenvalue weighted by molar-refractivity contribution is 9.10. The van der Waals surface area contributed by atoms with Gasteiger partial charge in [-0.2, -0.15) is 0 Å². The molecule has 0 bridgehead atoms. The Balaban J connectivity index is 1.26. The number of para-hydroxylation sites is 2. The number of pyridine rings is 1. The lowest BCUT2D eigenvalue weighted by atomic mass is 10.2. The molecule has 2 heterocycles. The number of nitrogens with one attached hydrogen (secondary N) is 1. The molecule has 0 radical (unpaired) electrons. The standard InChI is InChI=1S/C22H19BrN4O2/c23-17-7-9-18(10-8-17)29-21-11-6-16(14-25-21)22(28)24-12-3-13-27-15-26-19-4-1-2-5-20(19)27/h1-2,4-11,14-15H,3,12-13H2,(H,24,28). The van der Waals surface area contributed by atoms with Gasteiger partial charge in [-0.05, 0) is 48.9 Å². The number of hydrogen-bond donors (Lipinski definition) is 1. The predicted molar refractivity (Wildman–Crippen MR) is 115 cm³/mol. The molecule has 146 valence electrons. The maximum Gasteiger partial charge on any atom is 0.252 e. The summed E-state index contributed by atoms with van der Waals surface area (Å²) in [4.78, 5) is 20.9. The number of ether oxygens (including phenoxy) is 1. The van der Waals surface area contributed by atoms with E-state index >= 15 is 0 Å². The van der Waals surface area contributed by atoms with Crippen LogP contribution >= 0.6 is 15.9 Å². The van der Waals surface area contributed by atoms with Crippen LogP contribution in [0.3, 0.4) is 0 Å². The number of nitrogens with zero attached hydrogens (tertiary/aromatic N) is 3. The van der Waals surface area contributed by atoms with E-state index in [1.807, 2.05) is 54.9 Å². The summed E-state index contributed by atoms with van der Waals surface area (Å²) < 4.78 is 8.74. The monoisotopic (exact) mass is 450 g/mol. The number of fused-ring (bicyclic) bond motifs is 1. The molecular formula is C22H19BrN4O2. The molecule has 0 unspecified atom stereocenters. The van der Waals surface area contributed by atoms with Gasteiger partial charge in [0.1, 0.15) is 5.75 Å². The van der Waals surface area contributed by atoms with Gasteiger partial charge in [0, 0.05) is 29.8 Å². The third-order valence-electron chi connectivity index (χ3n) is 4.42. The van der Waals surface area contributed by atoms with Gasteiger partial charge < -0.3 is 14.6 Å². The predicted octanol–water partition coefficient (Wildman–Crippen LogP) is 4.81. The second kappa shape index (κ2) is 8.87. The number of benzene rings is 2. The van der Waals surface area contributed by atoms with E-state index in [1.165, 1.54) is 6.20 Å². The van der Waals surface area contributed by atoms with E-state index < -0.39 is 0 Å². The molecule has 4 rings (SSSR count). The smallest absolute Gasteiger partial charge is 0.252 e. The summed E-state index contributed by atoms with van der Waals surface area (Å²) in [6.45, 7) is 1.36. The van der Waals surface area contributed by atoms with Gasteiger partial charge in [0.2, 0.25) is 5.88 Å². The highest BCUT2D eigenvalue weighted by atomic mass is 79.9. The summed E-state index contributed by atoms with van der Waals surface area (Å²) >= 11 is 3.38. The lowest BCUT2D eigenvalue weighted by Gasteiger charge is -2.08. The molecule has 0 aliphatic rings. The van der Waals surface area contributed by atoms with Gasteiger partial charge in [0.15, 0.2) is 0 Å². The second-order valence-corrected chi connectivity index (χ2v) is 7.39. The first-order chi connectivity index (χ1) is 14.2. The van der Waals surface area contributed by atoms with Crippen LogP contribution in [0.5, 0.6) is 11.6 Å². The molecule has 0 aliphatic heterocycles. The van der Waals surface area contributed by atoms with Crippen molar-refractivity contribution in [2.45, 2.75) is 13.0 Å². The first kappa shape index (κ1) is 19.1. The Morgan fingerprint density at radius 3 is 2.66 bits per heavy atom. The topological polar surface area (TPSA) is 69.0 Å². The molecule has 0 saturated heterocycles. The van der Waals surface area contributed by atoms with Crippen LogP contribution in [-0.4, -0.2) is 27.0 Å². The van der Waals surface area contributed by atoms with Crippen LogP contribution in [0.25, 0.3) is 11.0 Å². The Morgan fingerprint density at radius 2 is 1.86 bits per heavy atom. The Labute approximate surface area is 176 Å². The van der Waals surface area contributed by atoms with Gasteiger partial charge in [0.25, 0.3) is 5.91 Å². The zero-order valence-corrected chi connectivity index (χ0v) is 17.2. The molecule has 2 aromatic carbocycles. The number of imidazole rings is 1. The fourth-order valence-electron chi connectivity index (χ4n) is 2.94. The molecule has 4 aromatic rings. The lowest BCUT2D eigenvalue weighted by Crippen LogP contribution is -2.25. The SMILES string of the molecule is O=C(NCCCn1cnc2ccccc21)c1ccc(Oc2ccc(Br)cc2)nc1. The fourth-order valence-corrected chi connectivity index (χ4v) is 3.20. The summed E-state index contributed by atoms with van der Waals surface area (Å²) in [5.41, 5.74) is 2.58. The van der Waals surface area contributed by atoms with Crippen molar-refractivity contribution in [2.24, 2.45) is 0 Å². The number of halogens is 1. The second-order valence-electron chi connectivity index (χ2n) is 6.48. The minimum atomic E-state index is -0.150. The van der Waals surface area contributed by atoms with Crippen LogP contribution in [0, 0.1) is 0 Å². The van der Waals surface area contributed by atoms with Gasteiger partial charge in [-0.1, -0.05) is 28.1 Å². The lowest BCUT2D eigenvalue weighted by molar-refractivity contribution is 0.0952. The molecular weight excluding hydrogens is 432 g/mol. The van der Waals surface area contributed by atoms with Crippen LogP contribution in [0.1, 0.15) is 16.8 Å². The number of aryl methyl sites for hydroxylation is 1. The maximum absolute atomic E-state index is 12.3. The molecule has 0 saturated carbocycles. The molecule has 2 aromatic heterocycles. The van der Waals surface area contributed by atoms with Crippen molar-refractivity contribution in [3.8, 4) is 11.6 Å². The molecule has 1 amide bonds. The third kappa shape index (κ3) is 4.81. The van der Waals surface area contributed by atoms with Gasteiger partial charge in [0.05, 0.1) is 22.9 Å². The van der Waals surface area contributed by atoms with E-state index in [9.17, 15) is 4.79 Å². The van der Waals surface area contributed by atoms with Gasteiger partial charge in [-0.3, -0.25) is 4.79 Å². The largest absolute Gasteiger partial charge is 0.439 e. The Kier molecular flexibility index (Phi) is 5.86. The van der Waals surface area contributed by atoms with Crippen molar-refractivity contribution >= 4 is 32.9 Å². The van der Waals surface area contributed by atoms with Crippen molar-refractivity contribution < 1.29 is 9.53 Å². The van der Waals surface area contributed by atoms with Crippen LogP contribution < -0.4 is 10.1 Å². The summed E-state index contributed by atoms with van der Waals surface area (Å²) in [5.74, 6) is 0.976. The summed E-state index contributed by atoms with van der Waals surface area (Å²) in [7, 11) is 0. The van der Waals surface area contributed by atoms with Crippen LogP contribution in [0.4, 0.5) is 0 Å². The minimum Gasteiger partial charge on any atom is -0.439 e.